The maximum Gasteiger partial charge on any atom is 0.282 e. The molecule has 3 aromatic carbocycles. The van der Waals surface area contributed by atoms with Gasteiger partial charge in [0.05, 0.1) is 23.7 Å². The molecule has 7 heteroatoms. The molecule has 0 N–H and O–H groups in total. The number of benzene rings is 3. The number of nitrogens with zero attached hydrogens (tertiary/aromatic N) is 3. The third kappa shape index (κ3) is 5.80. The Morgan fingerprint density at radius 1 is 1.03 bits per heavy atom. The van der Waals surface area contributed by atoms with Crippen LogP contribution in [0, 0.1) is 0 Å². The van der Waals surface area contributed by atoms with E-state index < -0.39 is 0 Å². The highest BCUT2D eigenvalue weighted by molar-refractivity contribution is 9.10. The van der Waals surface area contributed by atoms with E-state index in [2.05, 4.69) is 28.0 Å². The number of aromatic nitrogens is 2. The predicted octanol–water partition coefficient (Wildman–Crippen LogP) is 6.53. The number of fused-ring (bicyclic) bond motifs is 1. The molecule has 180 valence electrons. The van der Waals surface area contributed by atoms with E-state index in [0.717, 1.165) is 22.0 Å². The molecule has 0 saturated carbocycles. The maximum absolute atomic E-state index is 13.3. The second-order valence-corrected chi connectivity index (χ2v) is 9.13. The van der Waals surface area contributed by atoms with Crippen molar-refractivity contribution in [2.45, 2.75) is 39.7 Å². The monoisotopic (exact) mass is 533 g/mol. The van der Waals surface area contributed by atoms with Crippen molar-refractivity contribution in [3.8, 4) is 11.5 Å². The van der Waals surface area contributed by atoms with E-state index >= 15 is 0 Å². The van der Waals surface area contributed by atoms with E-state index in [1.165, 1.54) is 4.68 Å². The minimum atomic E-state index is -0.198. The lowest BCUT2D eigenvalue weighted by Gasteiger charge is -2.14. The first-order valence-corrected chi connectivity index (χ1v) is 12.5. The summed E-state index contributed by atoms with van der Waals surface area (Å²) < 4.78 is 14.0. The number of hydrogen-bond donors (Lipinski definition) is 0. The summed E-state index contributed by atoms with van der Waals surface area (Å²) in [5, 5.41) is 5.07. The largest absolute Gasteiger partial charge is 0.490 e. The molecule has 0 spiro atoms. The predicted molar refractivity (Wildman–Crippen MR) is 144 cm³/mol. The molecule has 0 unspecified atom stereocenters. The quantitative estimate of drug-likeness (QED) is 0.229. The minimum Gasteiger partial charge on any atom is -0.490 e. The van der Waals surface area contributed by atoms with E-state index in [1.54, 1.807) is 12.3 Å². The van der Waals surface area contributed by atoms with Gasteiger partial charge in [0.15, 0.2) is 11.5 Å². The number of halogens is 1. The van der Waals surface area contributed by atoms with Crippen LogP contribution in [0.2, 0.25) is 0 Å². The summed E-state index contributed by atoms with van der Waals surface area (Å²) in [4.78, 5) is 18.1. The van der Waals surface area contributed by atoms with Crippen LogP contribution in [0.5, 0.6) is 11.5 Å². The van der Waals surface area contributed by atoms with Crippen LogP contribution in [-0.2, 0) is 6.61 Å². The van der Waals surface area contributed by atoms with Gasteiger partial charge in [-0.15, -0.1) is 0 Å². The van der Waals surface area contributed by atoms with Crippen molar-refractivity contribution >= 4 is 33.0 Å². The summed E-state index contributed by atoms with van der Waals surface area (Å²) >= 11 is 3.44. The van der Waals surface area contributed by atoms with Gasteiger partial charge in [-0.2, -0.15) is 9.78 Å². The van der Waals surface area contributed by atoms with Gasteiger partial charge in [0.25, 0.3) is 5.56 Å². The number of hydrogen-bond acceptors (Lipinski definition) is 5. The molecule has 0 fully saturated rings. The Balaban J connectivity index is 1.68. The first-order chi connectivity index (χ1) is 17.0. The fourth-order valence-corrected chi connectivity index (χ4v) is 3.99. The van der Waals surface area contributed by atoms with Gasteiger partial charge in [0.2, 0.25) is 0 Å². The van der Waals surface area contributed by atoms with Crippen LogP contribution in [0.3, 0.4) is 0 Å². The average molecular weight is 534 g/mol. The molecular weight excluding hydrogens is 506 g/mol. The smallest absolute Gasteiger partial charge is 0.282 e. The first-order valence-electron chi connectivity index (χ1n) is 11.7. The van der Waals surface area contributed by atoms with Crippen molar-refractivity contribution in [3.05, 3.63) is 98.5 Å². The van der Waals surface area contributed by atoms with Crippen LogP contribution in [0.4, 0.5) is 0 Å². The summed E-state index contributed by atoms with van der Waals surface area (Å²) in [5.74, 6) is 1.99. The van der Waals surface area contributed by atoms with Gasteiger partial charge in [-0.25, -0.2) is 4.98 Å². The van der Waals surface area contributed by atoms with Crippen molar-refractivity contribution in [2.75, 3.05) is 6.61 Å². The van der Waals surface area contributed by atoms with Crippen molar-refractivity contribution in [1.29, 1.82) is 0 Å². The summed E-state index contributed by atoms with van der Waals surface area (Å²) in [6.07, 6.45) is 2.49. The Morgan fingerprint density at radius 3 is 2.57 bits per heavy atom. The van der Waals surface area contributed by atoms with E-state index in [0.29, 0.717) is 41.4 Å². The Bertz CT molecular complexity index is 1400. The molecule has 4 rings (SSSR count). The van der Waals surface area contributed by atoms with E-state index in [9.17, 15) is 4.79 Å². The molecule has 6 nitrogen and oxygen atoms in total. The molecule has 1 heterocycles. The van der Waals surface area contributed by atoms with Gasteiger partial charge in [0, 0.05) is 10.4 Å². The molecule has 1 aromatic heterocycles. The van der Waals surface area contributed by atoms with Crippen LogP contribution in [0.1, 0.15) is 50.1 Å². The Hall–Kier alpha value is -3.45. The molecule has 35 heavy (non-hydrogen) atoms. The van der Waals surface area contributed by atoms with E-state index in [-0.39, 0.29) is 11.5 Å². The minimum absolute atomic E-state index is 0.0700. The molecule has 0 aliphatic rings. The standard InChI is InChI=1S/C28H28BrN3O3/c1-4-19(3)27-31-24-13-12-22(29)16-23(24)28(33)32(27)30-17-21-11-14-25(26(15-21)34-5-2)35-18-20-9-7-6-8-10-20/h6-17,19H,4-5,18H2,1-3H3/t19-/m1/s1. The van der Waals surface area contributed by atoms with Gasteiger partial charge >= 0.3 is 0 Å². The third-order valence-corrected chi connectivity index (χ3v) is 6.21. The number of ether oxygens (including phenoxy) is 2. The summed E-state index contributed by atoms with van der Waals surface area (Å²) in [5.41, 5.74) is 2.33. The van der Waals surface area contributed by atoms with Crippen molar-refractivity contribution in [3.63, 3.8) is 0 Å². The SMILES string of the molecule is CCOc1cc(C=Nn2c([C@H](C)CC)nc3ccc(Br)cc3c2=O)ccc1OCc1ccccc1. The average Bonchev–Trinajstić information content (AvgIpc) is 2.88. The summed E-state index contributed by atoms with van der Waals surface area (Å²) in [7, 11) is 0. The van der Waals surface area contributed by atoms with Gasteiger partial charge < -0.3 is 9.47 Å². The van der Waals surface area contributed by atoms with Gasteiger partial charge in [-0.3, -0.25) is 4.79 Å². The van der Waals surface area contributed by atoms with Crippen LogP contribution in [-0.4, -0.2) is 22.5 Å². The summed E-state index contributed by atoms with van der Waals surface area (Å²) in [6, 6.07) is 21.1. The zero-order valence-corrected chi connectivity index (χ0v) is 21.7. The molecule has 0 aliphatic carbocycles. The van der Waals surface area contributed by atoms with Crippen LogP contribution < -0.4 is 15.0 Å². The molecule has 0 saturated heterocycles. The fourth-order valence-electron chi connectivity index (χ4n) is 3.63. The highest BCUT2D eigenvalue weighted by atomic mass is 79.9. The Kier molecular flexibility index (Phi) is 7.98. The first kappa shape index (κ1) is 24.7. The normalized spacial score (nSPS) is 12.2. The van der Waals surface area contributed by atoms with Crippen LogP contribution in [0.15, 0.2) is 81.1 Å². The van der Waals surface area contributed by atoms with Crippen molar-refractivity contribution < 1.29 is 9.47 Å². The lowest BCUT2D eigenvalue weighted by Crippen LogP contribution is -2.23. The molecular formula is C28H28BrN3O3. The fraction of sp³-hybridized carbons (Fsp3) is 0.250. The second kappa shape index (κ2) is 11.3. The van der Waals surface area contributed by atoms with Gasteiger partial charge in [-0.1, -0.05) is 60.1 Å². The topological polar surface area (TPSA) is 65.7 Å². The molecule has 0 amide bonds. The molecule has 0 aliphatic heterocycles. The molecule has 4 aromatic rings. The number of rotatable bonds is 9. The zero-order valence-electron chi connectivity index (χ0n) is 20.1. The van der Waals surface area contributed by atoms with E-state index in [1.807, 2.05) is 74.5 Å². The van der Waals surface area contributed by atoms with Crippen molar-refractivity contribution in [2.24, 2.45) is 5.10 Å². The highest BCUT2D eigenvalue weighted by Gasteiger charge is 2.16. The van der Waals surface area contributed by atoms with Gasteiger partial charge in [-0.05, 0) is 60.9 Å². The highest BCUT2D eigenvalue weighted by Crippen LogP contribution is 2.29. The Morgan fingerprint density at radius 2 is 1.83 bits per heavy atom. The zero-order chi connectivity index (χ0) is 24.8. The second-order valence-electron chi connectivity index (χ2n) is 8.22. The van der Waals surface area contributed by atoms with Gasteiger partial charge in [0.1, 0.15) is 12.4 Å². The molecule has 0 radical (unpaired) electrons. The molecule has 1 atom stereocenters. The lowest BCUT2D eigenvalue weighted by atomic mass is 10.1. The maximum atomic E-state index is 13.3. The lowest BCUT2D eigenvalue weighted by molar-refractivity contribution is 0.269. The molecule has 0 bridgehead atoms. The van der Waals surface area contributed by atoms with Crippen LogP contribution >= 0.6 is 15.9 Å². The summed E-state index contributed by atoms with van der Waals surface area (Å²) in [6.45, 7) is 6.99. The van der Waals surface area contributed by atoms with E-state index in [4.69, 9.17) is 14.5 Å². The Labute approximate surface area is 213 Å². The van der Waals surface area contributed by atoms with Crippen LogP contribution in [0.25, 0.3) is 10.9 Å². The van der Waals surface area contributed by atoms with Crippen molar-refractivity contribution in [1.82, 2.24) is 9.66 Å². The third-order valence-electron chi connectivity index (χ3n) is 5.71.